The van der Waals surface area contributed by atoms with Crippen LogP contribution in [0, 0.1) is 5.92 Å². The zero-order valence-electron chi connectivity index (χ0n) is 17.0. The van der Waals surface area contributed by atoms with Crippen LogP contribution >= 0.6 is 11.3 Å². The van der Waals surface area contributed by atoms with Gasteiger partial charge in [-0.05, 0) is 50.7 Å². The van der Waals surface area contributed by atoms with Crippen molar-refractivity contribution in [2.45, 2.75) is 44.4 Å². The molecule has 5 heterocycles. The molecule has 0 bridgehead atoms. The predicted molar refractivity (Wildman–Crippen MR) is 118 cm³/mol. The lowest BCUT2D eigenvalue weighted by Gasteiger charge is -2.34. The van der Waals surface area contributed by atoms with Crippen LogP contribution in [0.25, 0.3) is 22.0 Å². The zero-order chi connectivity index (χ0) is 20.1. The number of rotatable bonds is 4. The average molecular weight is 423 g/mol. The van der Waals surface area contributed by atoms with Crippen molar-refractivity contribution in [3.05, 3.63) is 23.2 Å². The molecule has 30 heavy (non-hydrogen) atoms. The Balaban J connectivity index is 1.22. The normalized spacial score (nSPS) is 22.2. The highest BCUT2D eigenvalue weighted by Crippen LogP contribution is 2.41. The smallest absolute Gasteiger partial charge is 0.227 e. The second-order valence-corrected chi connectivity index (χ2v) is 9.65. The van der Waals surface area contributed by atoms with Crippen LogP contribution in [-0.2, 0) is 4.79 Å². The van der Waals surface area contributed by atoms with Crippen LogP contribution in [0.5, 0.6) is 0 Å². The van der Waals surface area contributed by atoms with Crippen molar-refractivity contribution in [1.82, 2.24) is 24.8 Å². The molecule has 156 valence electrons. The molecule has 1 saturated carbocycles. The molecule has 7 nitrogen and oxygen atoms in total. The predicted octanol–water partition coefficient (Wildman–Crippen LogP) is 3.80. The lowest BCUT2D eigenvalue weighted by molar-refractivity contribution is -0.134. The number of fused-ring (bicyclic) bond motifs is 1. The summed E-state index contributed by atoms with van der Waals surface area (Å²) in [6, 6.07) is 4.10. The summed E-state index contributed by atoms with van der Waals surface area (Å²) in [6.07, 6.45) is 6.80. The molecule has 2 saturated heterocycles. The zero-order valence-corrected chi connectivity index (χ0v) is 17.8. The molecule has 3 aromatic rings. The topological polar surface area (TPSA) is 78.0 Å². The lowest BCUT2D eigenvalue weighted by Crippen LogP contribution is -2.44. The van der Waals surface area contributed by atoms with Crippen LogP contribution in [0.2, 0.25) is 0 Å². The minimum absolute atomic E-state index is 0.0836. The molecule has 1 N–H and O–H groups in total. The fraction of sp³-hybridized carbons (Fsp3) is 0.545. The number of nitrogens with zero attached hydrogens (tertiary/aromatic N) is 5. The number of amides is 1. The van der Waals surface area contributed by atoms with E-state index in [-0.39, 0.29) is 5.92 Å². The van der Waals surface area contributed by atoms with Gasteiger partial charge in [-0.15, -0.1) is 11.3 Å². The van der Waals surface area contributed by atoms with Gasteiger partial charge in [0.25, 0.3) is 0 Å². The Kier molecular flexibility index (Phi) is 4.48. The number of imidazole rings is 1. The number of piperidine rings is 1. The van der Waals surface area contributed by atoms with Crippen molar-refractivity contribution in [2.24, 2.45) is 5.92 Å². The van der Waals surface area contributed by atoms with Crippen molar-refractivity contribution in [3.63, 3.8) is 0 Å². The number of carbonyl (C=O) groups excluding carboxylic acids is 1. The summed E-state index contributed by atoms with van der Waals surface area (Å²) in [5.41, 5.74) is 2.85. The van der Waals surface area contributed by atoms with E-state index in [2.05, 4.69) is 26.2 Å². The monoisotopic (exact) mass is 422 g/mol. The van der Waals surface area contributed by atoms with Gasteiger partial charge in [0, 0.05) is 37.5 Å². The van der Waals surface area contributed by atoms with Gasteiger partial charge >= 0.3 is 0 Å². The number of thiazole rings is 1. The largest absolute Gasteiger partial charge is 0.356 e. The molecule has 3 aliphatic rings. The number of likely N-dealkylation sites (tertiary alicyclic amines) is 1. The van der Waals surface area contributed by atoms with E-state index < -0.39 is 0 Å². The van der Waals surface area contributed by atoms with Crippen molar-refractivity contribution < 1.29 is 4.79 Å². The van der Waals surface area contributed by atoms with Crippen LogP contribution in [0.3, 0.4) is 0 Å². The molecule has 1 atom stereocenters. The first-order chi connectivity index (χ1) is 14.7. The van der Waals surface area contributed by atoms with Crippen LogP contribution in [0.15, 0.2) is 17.5 Å². The van der Waals surface area contributed by atoms with E-state index in [4.69, 9.17) is 15.0 Å². The van der Waals surface area contributed by atoms with Gasteiger partial charge < -0.3 is 14.8 Å². The summed E-state index contributed by atoms with van der Waals surface area (Å²) in [4.78, 5) is 34.9. The SMILES string of the molecule is O=C([C@@H]1CCCN(c2ccc3[nH]c(-c4nc(C5CC5)cs4)nc3n2)C1)N1CCCC1. The van der Waals surface area contributed by atoms with Crippen LogP contribution in [0.4, 0.5) is 5.82 Å². The summed E-state index contributed by atoms with van der Waals surface area (Å²) >= 11 is 1.65. The van der Waals surface area contributed by atoms with Crippen molar-refractivity contribution in [2.75, 3.05) is 31.1 Å². The maximum absolute atomic E-state index is 12.9. The standard InChI is InChI=1S/C22H26N6OS/c29-22(27-9-1-2-10-27)15-4-3-11-28(12-15)18-8-7-16-19(25-18)26-20(23-16)21-24-17(13-30-21)14-5-6-14/h7-8,13-15H,1-6,9-12H2,(H,23,25,26)/t15-/m1/s1. The van der Waals surface area contributed by atoms with Gasteiger partial charge in [0.15, 0.2) is 16.5 Å². The highest BCUT2D eigenvalue weighted by molar-refractivity contribution is 7.13. The fourth-order valence-corrected chi connectivity index (χ4v) is 5.55. The molecule has 2 aliphatic heterocycles. The van der Waals surface area contributed by atoms with E-state index in [1.165, 1.54) is 18.5 Å². The Morgan fingerprint density at radius 1 is 1.03 bits per heavy atom. The van der Waals surface area contributed by atoms with E-state index in [0.29, 0.717) is 11.8 Å². The first-order valence-electron chi connectivity index (χ1n) is 11.1. The summed E-state index contributed by atoms with van der Waals surface area (Å²) in [6.45, 7) is 3.54. The number of aromatic nitrogens is 4. The molecule has 1 amide bonds. The van der Waals surface area contributed by atoms with E-state index in [1.807, 2.05) is 6.07 Å². The number of hydrogen-bond acceptors (Lipinski definition) is 6. The van der Waals surface area contributed by atoms with Gasteiger partial charge in [0.1, 0.15) is 5.82 Å². The van der Waals surface area contributed by atoms with Crippen LogP contribution in [0.1, 0.15) is 50.1 Å². The molecule has 0 radical (unpaired) electrons. The quantitative estimate of drug-likeness (QED) is 0.692. The summed E-state index contributed by atoms with van der Waals surface area (Å²) in [5.74, 6) is 2.78. The van der Waals surface area contributed by atoms with E-state index in [0.717, 1.165) is 79.7 Å². The number of hydrogen-bond donors (Lipinski definition) is 1. The number of nitrogens with one attached hydrogen (secondary N) is 1. The first-order valence-corrected chi connectivity index (χ1v) is 12.0. The summed E-state index contributed by atoms with van der Waals surface area (Å²) in [5, 5.41) is 3.09. The molecule has 0 unspecified atom stereocenters. The van der Waals surface area contributed by atoms with Gasteiger partial charge in [-0.2, -0.15) is 0 Å². The molecule has 0 spiro atoms. The second-order valence-electron chi connectivity index (χ2n) is 8.80. The molecule has 8 heteroatoms. The summed E-state index contributed by atoms with van der Waals surface area (Å²) in [7, 11) is 0. The molecule has 1 aliphatic carbocycles. The second kappa shape index (κ2) is 7.34. The third-order valence-corrected chi connectivity index (χ3v) is 7.43. The van der Waals surface area contributed by atoms with Gasteiger partial charge in [0.2, 0.25) is 5.91 Å². The Morgan fingerprint density at radius 2 is 1.90 bits per heavy atom. The fourth-order valence-electron chi connectivity index (χ4n) is 4.70. The Labute approximate surface area is 179 Å². The Bertz CT molecular complexity index is 1080. The number of aromatic amines is 1. The summed E-state index contributed by atoms with van der Waals surface area (Å²) < 4.78 is 0. The van der Waals surface area contributed by atoms with Gasteiger partial charge in [-0.3, -0.25) is 4.79 Å². The molecule has 3 fully saturated rings. The highest BCUT2D eigenvalue weighted by Gasteiger charge is 2.31. The van der Waals surface area contributed by atoms with Crippen molar-refractivity contribution in [1.29, 1.82) is 0 Å². The molecule has 0 aromatic carbocycles. The first kappa shape index (κ1) is 18.3. The minimum Gasteiger partial charge on any atom is -0.356 e. The van der Waals surface area contributed by atoms with Gasteiger partial charge in [-0.25, -0.2) is 15.0 Å². The Morgan fingerprint density at radius 3 is 2.73 bits per heavy atom. The highest BCUT2D eigenvalue weighted by atomic mass is 32.1. The molecular weight excluding hydrogens is 396 g/mol. The van der Waals surface area contributed by atoms with E-state index >= 15 is 0 Å². The third kappa shape index (κ3) is 3.37. The van der Waals surface area contributed by atoms with Gasteiger partial charge in [-0.1, -0.05) is 0 Å². The Hall–Kier alpha value is -2.48. The van der Waals surface area contributed by atoms with E-state index in [1.54, 1.807) is 11.3 Å². The number of pyridine rings is 1. The minimum atomic E-state index is 0.0836. The van der Waals surface area contributed by atoms with Crippen molar-refractivity contribution in [3.8, 4) is 10.8 Å². The number of carbonyl (C=O) groups is 1. The number of anilines is 1. The molecular formula is C22H26N6OS. The molecule has 6 rings (SSSR count). The third-order valence-electron chi connectivity index (χ3n) is 6.56. The van der Waals surface area contributed by atoms with Crippen LogP contribution in [-0.4, -0.2) is 56.9 Å². The molecule has 3 aromatic heterocycles. The average Bonchev–Trinajstić information content (AvgIpc) is 3.19. The maximum atomic E-state index is 12.9. The van der Waals surface area contributed by atoms with Crippen LogP contribution < -0.4 is 4.90 Å². The number of H-pyrrole nitrogens is 1. The van der Waals surface area contributed by atoms with Crippen molar-refractivity contribution >= 4 is 34.2 Å². The lowest BCUT2D eigenvalue weighted by atomic mass is 9.96. The van der Waals surface area contributed by atoms with E-state index in [9.17, 15) is 4.79 Å². The maximum Gasteiger partial charge on any atom is 0.227 e. The van der Waals surface area contributed by atoms with Gasteiger partial charge in [0.05, 0.1) is 17.1 Å².